The van der Waals surface area contributed by atoms with Crippen molar-refractivity contribution < 1.29 is 32.6 Å². The van der Waals surface area contributed by atoms with Crippen LogP contribution in [-0.4, -0.2) is 19.0 Å². The monoisotopic (exact) mass is 356 g/mol. The summed E-state index contributed by atoms with van der Waals surface area (Å²) in [6.07, 6.45) is 1.92. The van der Waals surface area contributed by atoms with E-state index in [-0.39, 0.29) is 28.4 Å². The summed E-state index contributed by atoms with van der Waals surface area (Å²) in [5, 5.41) is 0.978. The molecule has 0 unspecified atom stereocenters. The molecule has 1 aromatic heterocycles. The fraction of sp³-hybridized carbons (Fsp3) is 0.0526. The van der Waals surface area contributed by atoms with E-state index in [1.165, 1.54) is 19.2 Å². The van der Waals surface area contributed by atoms with E-state index in [9.17, 15) is 14.0 Å². The van der Waals surface area contributed by atoms with Crippen LogP contribution in [0.25, 0.3) is 21.9 Å². The van der Waals surface area contributed by atoms with E-state index in [0.717, 1.165) is 12.2 Å². The topological polar surface area (TPSA) is 75.0 Å². The molecule has 1 heterocycles. The zero-order valence-corrected chi connectivity index (χ0v) is 13.7. The minimum absolute atomic E-state index is 0.0997. The summed E-state index contributed by atoms with van der Waals surface area (Å²) >= 11 is 0. The molecule has 0 radical (unpaired) electrons. The summed E-state index contributed by atoms with van der Waals surface area (Å²) in [5.74, 6) is -2.39. The third-order valence-electron chi connectivity index (χ3n) is 3.59. The minimum atomic E-state index is -0.847. The Labute approximate surface area is 147 Å². The number of hydrogen-bond acceptors (Lipinski definition) is 6. The van der Waals surface area contributed by atoms with Crippen LogP contribution in [-0.2, 0) is 9.59 Å². The molecule has 6 nitrogen and oxygen atoms in total. The average molecular weight is 356 g/mol. The molecule has 0 N–H and O–H groups in total. The first-order chi connectivity index (χ1) is 12.5. The predicted molar refractivity (Wildman–Crippen MR) is 91.9 cm³/mol. The van der Waals surface area contributed by atoms with Gasteiger partial charge < -0.3 is 18.6 Å². The largest absolute Gasteiger partial charge is 0.490 e. The van der Waals surface area contributed by atoms with Crippen molar-refractivity contribution in [3.63, 3.8) is 0 Å². The van der Waals surface area contributed by atoms with Crippen LogP contribution in [0.4, 0.5) is 4.39 Å². The first-order valence-electron chi connectivity index (χ1n) is 7.40. The van der Waals surface area contributed by atoms with Crippen molar-refractivity contribution in [1.29, 1.82) is 0 Å². The number of esters is 2. The standard InChI is InChI=1S/C19H13FO6/c1-4-14(21)24-12-8-6-10-11-7-9-13(25-15(22)5-2)19(23-3)18(11)26-17(10)16(12)20/h4-9H,1-2H2,3H3. The summed E-state index contributed by atoms with van der Waals surface area (Å²) in [6.45, 7) is 6.59. The van der Waals surface area contributed by atoms with Gasteiger partial charge in [-0.05, 0) is 24.3 Å². The fourth-order valence-electron chi connectivity index (χ4n) is 2.46. The van der Waals surface area contributed by atoms with E-state index in [1.807, 2.05) is 0 Å². The Bertz CT molecular complexity index is 1060. The summed E-state index contributed by atoms with van der Waals surface area (Å²) in [7, 11) is 1.36. The van der Waals surface area contributed by atoms with E-state index in [2.05, 4.69) is 13.2 Å². The highest BCUT2D eigenvalue weighted by atomic mass is 19.1. The molecule has 0 aliphatic carbocycles. The molecule has 132 valence electrons. The molecule has 26 heavy (non-hydrogen) atoms. The van der Waals surface area contributed by atoms with Gasteiger partial charge in [0.15, 0.2) is 22.7 Å². The predicted octanol–water partition coefficient (Wildman–Crippen LogP) is 3.92. The van der Waals surface area contributed by atoms with Gasteiger partial charge in [0.25, 0.3) is 0 Å². The molecule has 0 fully saturated rings. The summed E-state index contributed by atoms with van der Waals surface area (Å²) in [4.78, 5) is 22.7. The Kier molecular flexibility index (Phi) is 4.45. The van der Waals surface area contributed by atoms with Crippen molar-refractivity contribution >= 4 is 33.9 Å². The number of hydrogen-bond donors (Lipinski definition) is 0. The lowest BCUT2D eigenvalue weighted by Crippen LogP contribution is -2.04. The zero-order valence-electron chi connectivity index (χ0n) is 13.7. The lowest BCUT2D eigenvalue weighted by molar-refractivity contribution is -0.130. The molecule has 0 saturated carbocycles. The number of ether oxygens (including phenoxy) is 3. The highest BCUT2D eigenvalue weighted by molar-refractivity contribution is 6.08. The Hall–Kier alpha value is -3.61. The molecule has 0 bridgehead atoms. The zero-order chi connectivity index (χ0) is 18.8. The average Bonchev–Trinajstić information content (AvgIpc) is 3.03. The quantitative estimate of drug-likeness (QED) is 0.392. The fourth-order valence-corrected chi connectivity index (χ4v) is 2.46. The first kappa shape index (κ1) is 17.2. The molecule has 0 amide bonds. The van der Waals surface area contributed by atoms with E-state index < -0.39 is 17.8 Å². The van der Waals surface area contributed by atoms with Gasteiger partial charge in [0, 0.05) is 22.9 Å². The van der Waals surface area contributed by atoms with E-state index in [4.69, 9.17) is 18.6 Å². The smallest absolute Gasteiger partial charge is 0.335 e. The van der Waals surface area contributed by atoms with Crippen molar-refractivity contribution in [2.24, 2.45) is 0 Å². The molecule has 0 saturated heterocycles. The number of methoxy groups -OCH3 is 1. The molecule has 0 aliphatic heterocycles. The van der Waals surface area contributed by atoms with Crippen LogP contribution in [0, 0.1) is 5.82 Å². The van der Waals surface area contributed by atoms with Crippen LogP contribution in [0.5, 0.6) is 17.2 Å². The van der Waals surface area contributed by atoms with Crippen LogP contribution in [0.2, 0.25) is 0 Å². The molecular formula is C19H13FO6. The van der Waals surface area contributed by atoms with Crippen molar-refractivity contribution in [2.45, 2.75) is 0 Å². The SMILES string of the molecule is C=CC(=O)Oc1ccc2c(oc3c(OC)c(OC(=O)C=C)ccc32)c1F. The Morgan fingerprint density at radius 3 is 2.08 bits per heavy atom. The van der Waals surface area contributed by atoms with Gasteiger partial charge in [-0.2, -0.15) is 4.39 Å². The maximum atomic E-state index is 14.7. The Morgan fingerprint density at radius 2 is 1.50 bits per heavy atom. The van der Waals surface area contributed by atoms with Gasteiger partial charge in [0.2, 0.25) is 11.6 Å². The van der Waals surface area contributed by atoms with Crippen LogP contribution >= 0.6 is 0 Å². The van der Waals surface area contributed by atoms with Crippen molar-refractivity contribution in [3.8, 4) is 17.2 Å². The lowest BCUT2D eigenvalue weighted by atomic mass is 10.1. The molecule has 7 heteroatoms. The lowest BCUT2D eigenvalue weighted by Gasteiger charge is -2.07. The van der Waals surface area contributed by atoms with E-state index >= 15 is 0 Å². The molecule has 3 aromatic rings. The number of fused-ring (bicyclic) bond motifs is 3. The van der Waals surface area contributed by atoms with Gasteiger partial charge in [-0.15, -0.1) is 0 Å². The van der Waals surface area contributed by atoms with Gasteiger partial charge in [-0.3, -0.25) is 0 Å². The van der Waals surface area contributed by atoms with E-state index in [0.29, 0.717) is 10.8 Å². The number of halogens is 1. The molecule has 0 aliphatic rings. The second kappa shape index (κ2) is 6.72. The second-order valence-electron chi connectivity index (χ2n) is 5.08. The van der Waals surface area contributed by atoms with Crippen LogP contribution in [0.15, 0.2) is 54.0 Å². The Morgan fingerprint density at radius 1 is 0.962 bits per heavy atom. The minimum Gasteiger partial charge on any atom is -0.490 e. The first-order valence-corrected chi connectivity index (χ1v) is 7.40. The Balaban J connectivity index is 2.21. The van der Waals surface area contributed by atoms with Crippen LogP contribution in [0.3, 0.4) is 0 Å². The van der Waals surface area contributed by atoms with Crippen LogP contribution < -0.4 is 14.2 Å². The van der Waals surface area contributed by atoms with Gasteiger partial charge in [0.05, 0.1) is 7.11 Å². The van der Waals surface area contributed by atoms with Gasteiger partial charge in [0.1, 0.15) is 0 Å². The number of carbonyl (C=O) groups is 2. The molecule has 0 atom stereocenters. The highest BCUT2D eigenvalue weighted by Gasteiger charge is 2.21. The second-order valence-corrected chi connectivity index (χ2v) is 5.08. The third-order valence-corrected chi connectivity index (χ3v) is 3.59. The van der Waals surface area contributed by atoms with Crippen molar-refractivity contribution in [3.05, 3.63) is 55.4 Å². The van der Waals surface area contributed by atoms with Crippen molar-refractivity contribution in [2.75, 3.05) is 7.11 Å². The normalized spacial score (nSPS) is 10.5. The van der Waals surface area contributed by atoms with Crippen molar-refractivity contribution in [1.82, 2.24) is 0 Å². The molecule has 2 aromatic carbocycles. The van der Waals surface area contributed by atoms with Gasteiger partial charge >= 0.3 is 11.9 Å². The number of furan rings is 1. The van der Waals surface area contributed by atoms with E-state index in [1.54, 1.807) is 12.1 Å². The number of carbonyl (C=O) groups excluding carboxylic acids is 2. The summed E-state index contributed by atoms with van der Waals surface area (Å²) < 4.78 is 35.4. The summed E-state index contributed by atoms with van der Waals surface area (Å²) in [5.41, 5.74) is 0.0582. The van der Waals surface area contributed by atoms with Gasteiger partial charge in [-0.1, -0.05) is 13.2 Å². The maximum Gasteiger partial charge on any atom is 0.335 e. The van der Waals surface area contributed by atoms with Crippen LogP contribution in [0.1, 0.15) is 0 Å². The molecule has 3 rings (SSSR count). The number of rotatable bonds is 5. The summed E-state index contributed by atoms with van der Waals surface area (Å²) in [6, 6.07) is 5.96. The maximum absolute atomic E-state index is 14.7. The molecule has 0 spiro atoms. The third kappa shape index (κ3) is 2.79. The number of benzene rings is 2. The van der Waals surface area contributed by atoms with Gasteiger partial charge in [-0.25, -0.2) is 9.59 Å². The molecular weight excluding hydrogens is 343 g/mol. The highest BCUT2D eigenvalue weighted by Crippen LogP contribution is 2.42.